The number of hydrogen-bond acceptors (Lipinski definition) is 6. The lowest BCUT2D eigenvalue weighted by atomic mass is 10.0. The monoisotopic (exact) mass is 565 g/mol. The fourth-order valence-electron chi connectivity index (χ4n) is 3.60. The highest BCUT2D eigenvalue weighted by Crippen LogP contribution is 2.27. The molecule has 0 aliphatic carbocycles. The van der Waals surface area contributed by atoms with E-state index in [1.807, 2.05) is 42.0 Å². The van der Waals surface area contributed by atoms with Crippen LogP contribution in [0.4, 0.5) is 5.69 Å². The van der Waals surface area contributed by atoms with Crippen molar-refractivity contribution in [3.8, 4) is 0 Å². The molecule has 1 atom stereocenters. The number of nitrogens with one attached hydrogen (secondary N) is 2. The molecule has 1 aromatic heterocycles. The highest BCUT2D eigenvalue weighted by molar-refractivity contribution is 7.99. The summed E-state index contributed by atoms with van der Waals surface area (Å²) in [6, 6.07) is 12.1. The van der Waals surface area contributed by atoms with Gasteiger partial charge in [-0.2, -0.15) is 0 Å². The maximum atomic E-state index is 13.0. The number of rotatable bonds is 11. The van der Waals surface area contributed by atoms with Gasteiger partial charge < -0.3 is 15.2 Å². The van der Waals surface area contributed by atoms with Crippen LogP contribution in [-0.4, -0.2) is 38.6 Å². The molecular formula is C25H29Cl2N5O2S2. The van der Waals surface area contributed by atoms with Gasteiger partial charge in [0.25, 0.3) is 5.91 Å². The van der Waals surface area contributed by atoms with Crippen LogP contribution in [0.15, 0.2) is 52.5 Å². The van der Waals surface area contributed by atoms with Gasteiger partial charge in [-0.05, 0) is 61.9 Å². The fraction of sp³-hybridized carbons (Fsp3) is 0.360. The molecule has 0 radical (unpaired) electrons. The van der Waals surface area contributed by atoms with Crippen LogP contribution >= 0.6 is 46.7 Å². The standard InChI is InChI=1S/C25H29Cl2N5O2S2/c1-5-32-23(21(11-15(2)3)29-24(34)19-10-9-16(26)12-20(19)27)30-31-25(32)36-14-22(33)28-17-7-6-8-18(13-17)35-4/h6-10,12-13,15,21H,5,11,14H2,1-4H3,(H,28,33)(H,29,34)/t21-/m0/s1. The minimum absolute atomic E-state index is 0.130. The first-order valence-electron chi connectivity index (χ1n) is 11.5. The molecule has 1 heterocycles. The summed E-state index contributed by atoms with van der Waals surface area (Å²) >= 11 is 15.1. The molecule has 11 heteroatoms. The molecule has 0 aliphatic rings. The van der Waals surface area contributed by atoms with E-state index in [1.54, 1.807) is 30.0 Å². The molecule has 0 aliphatic heterocycles. The SMILES string of the molecule is CCn1c(SCC(=O)Nc2cccc(SC)c2)nnc1[C@H](CC(C)C)NC(=O)c1ccc(Cl)cc1Cl. The Morgan fingerprint density at radius 1 is 1.11 bits per heavy atom. The molecule has 0 fully saturated rings. The van der Waals surface area contributed by atoms with Crippen LogP contribution in [0.25, 0.3) is 0 Å². The van der Waals surface area contributed by atoms with Crippen LogP contribution in [0, 0.1) is 5.92 Å². The molecule has 0 bridgehead atoms. The van der Waals surface area contributed by atoms with Crippen LogP contribution in [0.2, 0.25) is 10.0 Å². The van der Waals surface area contributed by atoms with Crippen LogP contribution in [0.3, 0.4) is 0 Å². The van der Waals surface area contributed by atoms with Crippen LogP contribution in [0.1, 0.15) is 49.4 Å². The lowest BCUT2D eigenvalue weighted by molar-refractivity contribution is -0.113. The molecule has 192 valence electrons. The molecule has 3 rings (SSSR count). The highest BCUT2D eigenvalue weighted by atomic mass is 35.5. The van der Waals surface area contributed by atoms with Crippen molar-refractivity contribution in [3.05, 3.63) is 63.9 Å². The van der Waals surface area contributed by atoms with Gasteiger partial charge in [0.15, 0.2) is 11.0 Å². The van der Waals surface area contributed by atoms with E-state index >= 15 is 0 Å². The summed E-state index contributed by atoms with van der Waals surface area (Å²) in [6.07, 6.45) is 2.65. The maximum Gasteiger partial charge on any atom is 0.253 e. The molecule has 7 nitrogen and oxygen atoms in total. The van der Waals surface area contributed by atoms with Gasteiger partial charge in [-0.25, -0.2) is 0 Å². The number of halogens is 2. The van der Waals surface area contributed by atoms with E-state index in [-0.39, 0.29) is 34.5 Å². The van der Waals surface area contributed by atoms with Gasteiger partial charge in [0.2, 0.25) is 5.91 Å². The zero-order chi connectivity index (χ0) is 26.2. The fourth-order valence-corrected chi connectivity index (χ4v) is 5.36. The number of hydrogen-bond donors (Lipinski definition) is 2. The number of carbonyl (C=O) groups excluding carboxylic acids is 2. The first kappa shape index (κ1) is 28.4. The first-order valence-corrected chi connectivity index (χ1v) is 14.4. The van der Waals surface area contributed by atoms with E-state index < -0.39 is 0 Å². The van der Waals surface area contributed by atoms with Gasteiger partial charge in [0, 0.05) is 22.2 Å². The number of thioether (sulfide) groups is 2. The van der Waals surface area contributed by atoms with E-state index in [4.69, 9.17) is 23.2 Å². The van der Waals surface area contributed by atoms with Crippen molar-refractivity contribution in [1.29, 1.82) is 0 Å². The number of amides is 2. The number of aromatic nitrogens is 3. The summed E-state index contributed by atoms with van der Waals surface area (Å²) in [7, 11) is 0. The Labute approximate surface area is 230 Å². The molecule has 3 aromatic rings. The molecular weight excluding hydrogens is 537 g/mol. The largest absolute Gasteiger partial charge is 0.342 e. The summed E-state index contributed by atoms with van der Waals surface area (Å²) in [6.45, 7) is 6.73. The van der Waals surface area contributed by atoms with Crippen molar-refractivity contribution in [1.82, 2.24) is 20.1 Å². The van der Waals surface area contributed by atoms with E-state index in [1.165, 1.54) is 11.8 Å². The molecule has 2 aromatic carbocycles. The topological polar surface area (TPSA) is 88.9 Å². The van der Waals surface area contributed by atoms with Crippen molar-refractivity contribution >= 4 is 64.2 Å². The van der Waals surface area contributed by atoms with Crippen molar-refractivity contribution in [3.63, 3.8) is 0 Å². The maximum absolute atomic E-state index is 13.0. The first-order chi connectivity index (χ1) is 17.2. The van der Waals surface area contributed by atoms with Crippen molar-refractivity contribution in [2.24, 2.45) is 5.92 Å². The Hall–Kier alpha value is -2.20. The van der Waals surface area contributed by atoms with Gasteiger partial charge in [-0.1, -0.05) is 54.9 Å². The second kappa shape index (κ2) is 13.4. The Morgan fingerprint density at radius 3 is 2.56 bits per heavy atom. The zero-order valence-electron chi connectivity index (χ0n) is 20.5. The third kappa shape index (κ3) is 7.65. The molecule has 0 spiro atoms. The minimum atomic E-state index is -0.380. The Kier molecular flexibility index (Phi) is 10.5. The van der Waals surface area contributed by atoms with Gasteiger partial charge in [-0.15, -0.1) is 22.0 Å². The van der Waals surface area contributed by atoms with Crippen molar-refractivity contribution in [2.45, 2.75) is 49.8 Å². The summed E-state index contributed by atoms with van der Waals surface area (Å²) in [4.78, 5) is 26.7. The average molecular weight is 567 g/mol. The second-order valence-corrected chi connectivity index (χ2v) is 11.1. The van der Waals surface area contributed by atoms with Gasteiger partial charge in [-0.3, -0.25) is 9.59 Å². The predicted molar refractivity (Wildman–Crippen MR) is 149 cm³/mol. The average Bonchev–Trinajstić information content (AvgIpc) is 3.25. The lowest BCUT2D eigenvalue weighted by Crippen LogP contribution is -2.31. The quantitative estimate of drug-likeness (QED) is 0.255. The van der Waals surface area contributed by atoms with Crippen LogP contribution < -0.4 is 10.6 Å². The summed E-state index contributed by atoms with van der Waals surface area (Å²) in [5, 5.41) is 16.1. The van der Waals surface area contributed by atoms with Crippen LogP contribution in [-0.2, 0) is 11.3 Å². The summed E-state index contributed by atoms with van der Waals surface area (Å²) < 4.78 is 1.93. The minimum Gasteiger partial charge on any atom is -0.342 e. The summed E-state index contributed by atoms with van der Waals surface area (Å²) in [5.41, 5.74) is 1.10. The third-order valence-electron chi connectivity index (χ3n) is 5.25. The molecule has 2 N–H and O–H groups in total. The normalized spacial score (nSPS) is 12.0. The Morgan fingerprint density at radius 2 is 1.89 bits per heavy atom. The summed E-state index contributed by atoms with van der Waals surface area (Å²) in [5.74, 6) is 0.671. The molecule has 0 saturated carbocycles. The van der Waals surface area contributed by atoms with Gasteiger partial charge in [0.05, 0.1) is 22.4 Å². The van der Waals surface area contributed by atoms with Crippen molar-refractivity contribution < 1.29 is 9.59 Å². The predicted octanol–water partition coefficient (Wildman–Crippen LogP) is 6.57. The van der Waals surface area contributed by atoms with E-state index in [9.17, 15) is 9.59 Å². The molecule has 0 unspecified atom stereocenters. The highest BCUT2D eigenvalue weighted by Gasteiger charge is 2.25. The lowest BCUT2D eigenvalue weighted by Gasteiger charge is -2.21. The second-order valence-electron chi connectivity index (χ2n) is 8.43. The molecule has 2 amide bonds. The number of anilines is 1. The van der Waals surface area contributed by atoms with Gasteiger partial charge >= 0.3 is 0 Å². The van der Waals surface area contributed by atoms with E-state index in [0.717, 1.165) is 10.6 Å². The zero-order valence-corrected chi connectivity index (χ0v) is 23.7. The number of benzene rings is 2. The molecule has 0 saturated heterocycles. The van der Waals surface area contributed by atoms with E-state index in [0.29, 0.717) is 34.5 Å². The van der Waals surface area contributed by atoms with Crippen LogP contribution in [0.5, 0.6) is 0 Å². The number of nitrogens with zero attached hydrogens (tertiary/aromatic N) is 3. The Bertz CT molecular complexity index is 1220. The smallest absolute Gasteiger partial charge is 0.253 e. The van der Waals surface area contributed by atoms with Crippen molar-refractivity contribution in [2.75, 3.05) is 17.3 Å². The molecule has 36 heavy (non-hydrogen) atoms. The number of carbonyl (C=O) groups is 2. The van der Waals surface area contributed by atoms with E-state index in [2.05, 4.69) is 34.7 Å². The third-order valence-corrected chi connectivity index (χ3v) is 7.49. The van der Waals surface area contributed by atoms with Gasteiger partial charge in [0.1, 0.15) is 0 Å². The Balaban J connectivity index is 1.74.